The van der Waals surface area contributed by atoms with Gasteiger partial charge in [0.25, 0.3) is 5.91 Å². The lowest BCUT2D eigenvalue weighted by Crippen LogP contribution is -2.45. The Bertz CT molecular complexity index is 842. The predicted molar refractivity (Wildman–Crippen MR) is 101 cm³/mol. The minimum Gasteiger partial charge on any atom is -0.327 e. The fraction of sp³-hybridized carbons (Fsp3) is 0.158. The summed E-state index contributed by atoms with van der Waals surface area (Å²) in [6.45, 7) is 3.72. The van der Waals surface area contributed by atoms with Crippen molar-refractivity contribution in [3.05, 3.63) is 75.4 Å². The second-order valence-electron chi connectivity index (χ2n) is 5.94. The quantitative estimate of drug-likeness (QED) is 0.728. The van der Waals surface area contributed by atoms with E-state index in [4.69, 9.17) is 0 Å². The molecule has 1 atom stereocenters. The Morgan fingerprint density at radius 3 is 2.32 bits per heavy atom. The minimum atomic E-state index is -0.507. The summed E-state index contributed by atoms with van der Waals surface area (Å²) in [6.07, 6.45) is 0. The third kappa shape index (κ3) is 3.91. The first kappa shape index (κ1) is 17.2. The molecule has 0 bridgehead atoms. The van der Waals surface area contributed by atoms with Crippen molar-refractivity contribution >= 4 is 33.6 Å². The zero-order valence-corrected chi connectivity index (χ0v) is 15.5. The van der Waals surface area contributed by atoms with Crippen LogP contribution in [0.15, 0.2) is 64.3 Å². The molecule has 0 radical (unpaired) electrons. The van der Waals surface area contributed by atoms with Crippen molar-refractivity contribution < 1.29 is 9.59 Å². The SMILES string of the molecule is CC1=C(C(=O)Nc2ccc(C)cc2)[C@H](c2ccc(Br)cc2)NC(=O)N1. The van der Waals surface area contributed by atoms with Crippen LogP contribution in [-0.4, -0.2) is 11.9 Å². The highest BCUT2D eigenvalue weighted by Crippen LogP contribution is 2.28. The molecule has 0 saturated heterocycles. The third-order valence-corrected chi connectivity index (χ3v) is 4.56. The number of rotatable bonds is 3. The van der Waals surface area contributed by atoms with Crippen molar-refractivity contribution in [2.24, 2.45) is 0 Å². The van der Waals surface area contributed by atoms with Gasteiger partial charge < -0.3 is 16.0 Å². The van der Waals surface area contributed by atoms with E-state index >= 15 is 0 Å². The van der Waals surface area contributed by atoms with Gasteiger partial charge in [0, 0.05) is 15.9 Å². The van der Waals surface area contributed by atoms with Gasteiger partial charge in [0.1, 0.15) is 0 Å². The molecule has 1 heterocycles. The van der Waals surface area contributed by atoms with Crippen LogP contribution < -0.4 is 16.0 Å². The van der Waals surface area contributed by atoms with Gasteiger partial charge in [-0.25, -0.2) is 4.79 Å². The maximum atomic E-state index is 12.9. The summed E-state index contributed by atoms with van der Waals surface area (Å²) in [6, 6.07) is 14.3. The smallest absolute Gasteiger partial charge is 0.319 e. The number of carbonyl (C=O) groups is 2. The molecule has 6 heteroatoms. The standard InChI is InChI=1S/C19H18BrN3O2/c1-11-3-9-15(10-4-11)22-18(24)16-12(2)21-19(25)23-17(16)13-5-7-14(20)8-6-13/h3-10,17H,1-2H3,(H,22,24)(H2,21,23,25)/t17-/m0/s1. The summed E-state index contributed by atoms with van der Waals surface area (Å²) < 4.78 is 0.933. The van der Waals surface area contributed by atoms with E-state index in [0.717, 1.165) is 15.6 Å². The van der Waals surface area contributed by atoms with Crippen LogP contribution in [0.3, 0.4) is 0 Å². The fourth-order valence-electron chi connectivity index (χ4n) is 2.74. The Labute approximate surface area is 154 Å². The lowest BCUT2D eigenvalue weighted by atomic mass is 9.95. The van der Waals surface area contributed by atoms with E-state index in [2.05, 4.69) is 31.9 Å². The summed E-state index contributed by atoms with van der Waals surface area (Å²) in [4.78, 5) is 24.7. The summed E-state index contributed by atoms with van der Waals surface area (Å²) >= 11 is 3.40. The number of benzene rings is 2. The molecule has 3 amide bonds. The maximum absolute atomic E-state index is 12.9. The highest BCUT2D eigenvalue weighted by atomic mass is 79.9. The van der Waals surface area contributed by atoms with Gasteiger partial charge in [-0.05, 0) is 43.7 Å². The van der Waals surface area contributed by atoms with E-state index in [0.29, 0.717) is 17.0 Å². The molecule has 0 aromatic heterocycles. The fourth-order valence-corrected chi connectivity index (χ4v) is 3.00. The van der Waals surface area contributed by atoms with Crippen LogP contribution in [0, 0.1) is 6.92 Å². The summed E-state index contributed by atoms with van der Waals surface area (Å²) in [5.41, 5.74) is 3.70. The molecule has 25 heavy (non-hydrogen) atoms. The summed E-state index contributed by atoms with van der Waals surface area (Å²) in [5.74, 6) is -0.248. The average molecular weight is 400 g/mol. The molecule has 0 saturated carbocycles. The number of aryl methyl sites for hydroxylation is 1. The van der Waals surface area contributed by atoms with Gasteiger partial charge in [-0.1, -0.05) is 45.8 Å². The molecule has 3 rings (SSSR count). The highest BCUT2D eigenvalue weighted by molar-refractivity contribution is 9.10. The van der Waals surface area contributed by atoms with Gasteiger partial charge in [-0.15, -0.1) is 0 Å². The summed E-state index contributed by atoms with van der Waals surface area (Å²) in [7, 11) is 0. The molecule has 0 unspecified atom stereocenters. The number of hydrogen-bond donors (Lipinski definition) is 3. The third-order valence-electron chi connectivity index (χ3n) is 4.03. The molecule has 1 aliphatic heterocycles. The van der Waals surface area contributed by atoms with Gasteiger partial charge in [-0.2, -0.15) is 0 Å². The minimum absolute atomic E-state index is 0.248. The van der Waals surface area contributed by atoms with Gasteiger partial charge >= 0.3 is 6.03 Å². The highest BCUT2D eigenvalue weighted by Gasteiger charge is 2.31. The van der Waals surface area contributed by atoms with E-state index < -0.39 is 6.04 Å². The second-order valence-corrected chi connectivity index (χ2v) is 6.86. The Hall–Kier alpha value is -2.60. The van der Waals surface area contributed by atoms with Crippen LogP contribution >= 0.6 is 15.9 Å². The Balaban J connectivity index is 1.92. The van der Waals surface area contributed by atoms with Gasteiger partial charge in [-0.3, -0.25) is 4.79 Å². The lowest BCUT2D eigenvalue weighted by Gasteiger charge is -2.28. The van der Waals surface area contributed by atoms with E-state index in [-0.39, 0.29) is 11.9 Å². The first-order valence-electron chi connectivity index (χ1n) is 7.86. The number of allylic oxidation sites excluding steroid dienone is 1. The Kier molecular flexibility index (Phi) is 4.90. The first-order valence-corrected chi connectivity index (χ1v) is 8.65. The largest absolute Gasteiger partial charge is 0.327 e. The number of halogens is 1. The molecule has 0 fully saturated rings. The molecule has 1 aliphatic rings. The van der Waals surface area contributed by atoms with Crippen molar-refractivity contribution in [2.45, 2.75) is 19.9 Å². The van der Waals surface area contributed by atoms with Crippen LogP contribution in [0.4, 0.5) is 10.5 Å². The normalized spacial score (nSPS) is 16.9. The average Bonchev–Trinajstić information content (AvgIpc) is 2.57. The van der Waals surface area contributed by atoms with Gasteiger partial charge in [0.2, 0.25) is 0 Å². The van der Waals surface area contributed by atoms with Crippen LogP contribution in [0.5, 0.6) is 0 Å². The van der Waals surface area contributed by atoms with Crippen molar-refractivity contribution in [3.63, 3.8) is 0 Å². The molecule has 2 aromatic carbocycles. The van der Waals surface area contributed by atoms with Crippen LogP contribution in [0.1, 0.15) is 24.1 Å². The van der Waals surface area contributed by atoms with E-state index in [1.54, 1.807) is 6.92 Å². The second kappa shape index (κ2) is 7.11. The zero-order chi connectivity index (χ0) is 18.0. The molecule has 0 aliphatic carbocycles. The Morgan fingerprint density at radius 1 is 1.04 bits per heavy atom. The van der Waals surface area contributed by atoms with Crippen molar-refractivity contribution in [1.82, 2.24) is 10.6 Å². The monoisotopic (exact) mass is 399 g/mol. The lowest BCUT2D eigenvalue weighted by molar-refractivity contribution is -0.113. The predicted octanol–water partition coefficient (Wildman–Crippen LogP) is 4.02. The number of nitrogens with one attached hydrogen (secondary N) is 3. The summed E-state index contributed by atoms with van der Waals surface area (Å²) in [5, 5.41) is 8.40. The first-order chi connectivity index (χ1) is 11.9. The van der Waals surface area contributed by atoms with Crippen molar-refractivity contribution in [2.75, 3.05) is 5.32 Å². The van der Waals surface area contributed by atoms with Crippen LogP contribution in [0.25, 0.3) is 0 Å². The number of carbonyl (C=O) groups excluding carboxylic acids is 2. The van der Waals surface area contributed by atoms with E-state index in [9.17, 15) is 9.59 Å². The molecule has 3 N–H and O–H groups in total. The van der Waals surface area contributed by atoms with E-state index in [1.165, 1.54) is 0 Å². The van der Waals surface area contributed by atoms with Crippen LogP contribution in [-0.2, 0) is 4.79 Å². The topological polar surface area (TPSA) is 70.2 Å². The maximum Gasteiger partial charge on any atom is 0.319 e. The van der Waals surface area contributed by atoms with Gasteiger partial charge in [0.05, 0.1) is 11.6 Å². The molecule has 2 aromatic rings. The number of anilines is 1. The van der Waals surface area contributed by atoms with Crippen LogP contribution in [0.2, 0.25) is 0 Å². The Morgan fingerprint density at radius 2 is 1.68 bits per heavy atom. The van der Waals surface area contributed by atoms with Gasteiger partial charge in [0.15, 0.2) is 0 Å². The zero-order valence-electron chi connectivity index (χ0n) is 13.9. The number of hydrogen-bond acceptors (Lipinski definition) is 2. The van der Waals surface area contributed by atoms with E-state index in [1.807, 2.05) is 55.5 Å². The molecular formula is C19H18BrN3O2. The molecule has 0 spiro atoms. The number of amides is 3. The number of urea groups is 1. The molecular weight excluding hydrogens is 382 g/mol. The van der Waals surface area contributed by atoms with Crippen molar-refractivity contribution in [1.29, 1.82) is 0 Å². The molecule has 128 valence electrons. The van der Waals surface area contributed by atoms with Crippen molar-refractivity contribution in [3.8, 4) is 0 Å². The molecule has 5 nitrogen and oxygen atoms in total.